The third-order valence-electron chi connectivity index (χ3n) is 2.91. The first-order valence-corrected chi connectivity index (χ1v) is 5.74. The molecule has 0 fully saturated rings. The zero-order valence-corrected chi connectivity index (χ0v) is 10.8. The highest BCUT2D eigenvalue weighted by molar-refractivity contribution is 5.74. The second-order valence-electron chi connectivity index (χ2n) is 4.33. The Bertz CT molecular complexity index is 584. The third-order valence-corrected chi connectivity index (χ3v) is 2.91. The van der Waals surface area contributed by atoms with E-state index in [0.29, 0.717) is 0 Å². The highest BCUT2D eigenvalue weighted by atomic mass is 16.1. The number of carbonyl (C=O) groups is 1. The molecule has 18 heavy (non-hydrogen) atoms. The number of primary amides is 1. The highest BCUT2D eigenvalue weighted by Gasteiger charge is 2.13. The predicted molar refractivity (Wildman–Crippen MR) is 68.9 cm³/mol. The van der Waals surface area contributed by atoms with Gasteiger partial charge in [0.2, 0.25) is 5.91 Å². The van der Waals surface area contributed by atoms with E-state index in [-0.39, 0.29) is 12.5 Å². The van der Waals surface area contributed by atoms with Gasteiger partial charge >= 0.3 is 0 Å². The summed E-state index contributed by atoms with van der Waals surface area (Å²) >= 11 is 0. The van der Waals surface area contributed by atoms with E-state index in [1.165, 1.54) is 0 Å². The molecule has 1 amide bonds. The minimum Gasteiger partial charge on any atom is -0.368 e. The van der Waals surface area contributed by atoms with E-state index < -0.39 is 0 Å². The molecule has 2 heterocycles. The number of rotatable bonds is 3. The Hall–Kier alpha value is -2.17. The Balaban J connectivity index is 2.46. The van der Waals surface area contributed by atoms with Crippen LogP contribution in [0.3, 0.4) is 0 Å². The van der Waals surface area contributed by atoms with Gasteiger partial charge in [0, 0.05) is 23.1 Å². The number of hydrogen-bond donors (Lipinski definition) is 1. The van der Waals surface area contributed by atoms with E-state index in [2.05, 4.69) is 9.97 Å². The summed E-state index contributed by atoms with van der Waals surface area (Å²) in [6.07, 6.45) is 1.79. The molecule has 2 aromatic heterocycles. The summed E-state index contributed by atoms with van der Waals surface area (Å²) in [5.74, 6) is 0.411. The number of hydrogen-bond acceptors (Lipinski definition) is 3. The molecule has 5 heteroatoms. The SMILES string of the molecule is Cc1ccc(-c2nc(C)n(CC(N)=O)c2C)cn1. The average molecular weight is 244 g/mol. The minimum atomic E-state index is -0.368. The fourth-order valence-corrected chi connectivity index (χ4v) is 1.94. The molecular formula is C13H16N4O. The molecule has 0 atom stereocenters. The Morgan fingerprint density at radius 2 is 2.06 bits per heavy atom. The van der Waals surface area contributed by atoms with Gasteiger partial charge in [0.25, 0.3) is 0 Å². The molecular weight excluding hydrogens is 228 g/mol. The molecule has 0 aliphatic heterocycles. The van der Waals surface area contributed by atoms with Crippen molar-refractivity contribution < 1.29 is 4.79 Å². The second kappa shape index (κ2) is 4.60. The summed E-state index contributed by atoms with van der Waals surface area (Å²) in [5, 5.41) is 0. The Morgan fingerprint density at radius 3 is 2.61 bits per heavy atom. The number of aryl methyl sites for hydroxylation is 2. The fourth-order valence-electron chi connectivity index (χ4n) is 1.94. The van der Waals surface area contributed by atoms with Gasteiger partial charge in [-0.1, -0.05) is 0 Å². The number of carbonyl (C=O) groups excluding carboxylic acids is 1. The maximum atomic E-state index is 11.0. The minimum absolute atomic E-state index is 0.157. The second-order valence-corrected chi connectivity index (χ2v) is 4.33. The largest absolute Gasteiger partial charge is 0.368 e. The summed E-state index contributed by atoms with van der Waals surface area (Å²) < 4.78 is 1.82. The zero-order chi connectivity index (χ0) is 13.3. The zero-order valence-electron chi connectivity index (χ0n) is 10.8. The molecule has 0 radical (unpaired) electrons. The van der Waals surface area contributed by atoms with Gasteiger partial charge in [0.1, 0.15) is 12.4 Å². The molecule has 0 aromatic carbocycles. The van der Waals surface area contributed by atoms with Crippen molar-refractivity contribution in [3.8, 4) is 11.3 Å². The lowest BCUT2D eigenvalue weighted by atomic mass is 10.1. The van der Waals surface area contributed by atoms with Crippen molar-refractivity contribution in [1.29, 1.82) is 0 Å². The van der Waals surface area contributed by atoms with Crippen LogP contribution in [0.15, 0.2) is 18.3 Å². The molecule has 2 N–H and O–H groups in total. The van der Waals surface area contributed by atoms with Crippen LogP contribution < -0.4 is 5.73 Å². The summed E-state index contributed by atoms with van der Waals surface area (Å²) in [5.41, 5.74) is 8.92. The van der Waals surface area contributed by atoms with Crippen molar-refractivity contribution >= 4 is 5.91 Å². The van der Waals surface area contributed by atoms with Crippen molar-refractivity contribution in [2.24, 2.45) is 5.73 Å². The predicted octanol–water partition coefficient (Wildman–Crippen LogP) is 1.36. The van der Waals surface area contributed by atoms with Crippen molar-refractivity contribution in [2.45, 2.75) is 27.3 Å². The number of amides is 1. The Morgan fingerprint density at radius 1 is 1.33 bits per heavy atom. The molecule has 5 nitrogen and oxygen atoms in total. The summed E-state index contributed by atoms with van der Waals surface area (Å²) in [4.78, 5) is 19.8. The van der Waals surface area contributed by atoms with Gasteiger partial charge in [-0.05, 0) is 32.9 Å². The molecule has 2 rings (SSSR count). The summed E-state index contributed by atoms with van der Waals surface area (Å²) in [7, 11) is 0. The smallest absolute Gasteiger partial charge is 0.237 e. The molecule has 0 aliphatic carbocycles. The van der Waals surface area contributed by atoms with Crippen LogP contribution in [-0.4, -0.2) is 20.4 Å². The van der Waals surface area contributed by atoms with Crippen molar-refractivity contribution in [1.82, 2.24) is 14.5 Å². The van der Waals surface area contributed by atoms with Crippen LogP contribution in [0, 0.1) is 20.8 Å². The molecule has 0 saturated carbocycles. The van der Waals surface area contributed by atoms with Crippen molar-refractivity contribution in [3.05, 3.63) is 35.5 Å². The van der Waals surface area contributed by atoms with Gasteiger partial charge < -0.3 is 10.3 Å². The highest BCUT2D eigenvalue weighted by Crippen LogP contribution is 2.22. The van der Waals surface area contributed by atoms with Gasteiger partial charge in [-0.3, -0.25) is 9.78 Å². The molecule has 0 unspecified atom stereocenters. The van der Waals surface area contributed by atoms with Gasteiger partial charge in [-0.15, -0.1) is 0 Å². The van der Waals surface area contributed by atoms with Crippen LogP contribution in [0.1, 0.15) is 17.2 Å². The Labute approximate surface area is 106 Å². The number of nitrogens with zero attached hydrogens (tertiary/aromatic N) is 3. The Kier molecular flexibility index (Phi) is 3.14. The first-order chi connectivity index (χ1) is 8.49. The molecule has 0 spiro atoms. The van der Waals surface area contributed by atoms with Gasteiger partial charge in [0.05, 0.1) is 5.69 Å². The van der Waals surface area contributed by atoms with Crippen molar-refractivity contribution in [2.75, 3.05) is 0 Å². The lowest BCUT2D eigenvalue weighted by molar-refractivity contribution is -0.118. The molecule has 0 bridgehead atoms. The van der Waals surface area contributed by atoms with E-state index in [0.717, 1.165) is 28.5 Å². The molecule has 94 valence electrons. The quantitative estimate of drug-likeness (QED) is 0.885. The number of pyridine rings is 1. The van der Waals surface area contributed by atoms with Gasteiger partial charge in [-0.2, -0.15) is 0 Å². The molecule has 0 saturated heterocycles. The maximum Gasteiger partial charge on any atom is 0.237 e. The van der Waals surface area contributed by atoms with E-state index >= 15 is 0 Å². The summed E-state index contributed by atoms with van der Waals surface area (Å²) in [6, 6.07) is 3.92. The molecule has 0 aliphatic rings. The topological polar surface area (TPSA) is 73.8 Å². The van der Waals surface area contributed by atoms with E-state index in [4.69, 9.17) is 5.73 Å². The van der Waals surface area contributed by atoms with Crippen LogP contribution in [0.5, 0.6) is 0 Å². The number of imidazole rings is 1. The van der Waals surface area contributed by atoms with Crippen LogP contribution in [0.4, 0.5) is 0 Å². The van der Waals surface area contributed by atoms with Crippen molar-refractivity contribution in [3.63, 3.8) is 0 Å². The van der Waals surface area contributed by atoms with Gasteiger partial charge in [-0.25, -0.2) is 4.98 Å². The fraction of sp³-hybridized carbons (Fsp3) is 0.308. The van der Waals surface area contributed by atoms with Crippen LogP contribution in [0.2, 0.25) is 0 Å². The van der Waals surface area contributed by atoms with Gasteiger partial charge in [0.15, 0.2) is 0 Å². The van der Waals surface area contributed by atoms with E-state index in [1.807, 2.05) is 37.5 Å². The first-order valence-electron chi connectivity index (χ1n) is 5.74. The average Bonchev–Trinajstić information content (AvgIpc) is 2.58. The maximum absolute atomic E-state index is 11.0. The first kappa shape index (κ1) is 12.3. The lowest BCUT2D eigenvalue weighted by Gasteiger charge is -2.05. The number of aromatic nitrogens is 3. The van der Waals surface area contributed by atoms with Crippen LogP contribution in [-0.2, 0) is 11.3 Å². The van der Waals surface area contributed by atoms with Crippen LogP contribution in [0.25, 0.3) is 11.3 Å². The lowest BCUT2D eigenvalue weighted by Crippen LogP contribution is -2.20. The third kappa shape index (κ3) is 2.25. The number of nitrogens with two attached hydrogens (primary N) is 1. The van der Waals surface area contributed by atoms with E-state index in [9.17, 15) is 4.79 Å². The van der Waals surface area contributed by atoms with E-state index in [1.54, 1.807) is 6.20 Å². The summed E-state index contributed by atoms with van der Waals surface area (Å²) in [6.45, 7) is 5.89. The van der Waals surface area contributed by atoms with Crippen LogP contribution >= 0.6 is 0 Å². The normalized spacial score (nSPS) is 10.6. The standard InChI is InChI=1S/C13H16N4O/c1-8-4-5-11(6-15-8)13-9(2)17(7-12(14)18)10(3)16-13/h4-6H,7H2,1-3H3,(H2,14,18). The molecule has 2 aromatic rings. The monoisotopic (exact) mass is 244 g/mol.